The fourth-order valence-corrected chi connectivity index (χ4v) is 2.72. The van der Waals surface area contributed by atoms with E-state index in [4.69, 9.17) is 16.3 Å². The summed E-state index contributed by atoms with van der Waals surface area (Å²) >= 11 is 6.06. The lowest BCUT2D eigenvalue weighted by Gasteiger charge is -2.33. The molecule has 1 aliphatic carbocycles. The summed E-state index contributed by atoms with van der Waals surface area (Å²) in [5.74, 6) is 1.32. The molecule has 0 aliphatic heterocycles. The Morgan fingerprint density at radius 1 is 1.53 bits per heavy atom. The molecule has 0 N–H and O–H groups in total. The number of hydrogen-bond acceptors (Lipinski definition) is 3. The molecule has 0 bridgehead atoms. The predicted octanol–water partition coefficient (Wildman–Crippen LogP) is 3.38. The molecule has 1 atom stereocenters. The summed E-state index contributed by atoms with van der Waals surface area (Å²) < 4.78 is 5.26. The number of halogens is 1. The summed E-state index contributed by atoms with van der Waals surface area (Å²) in [7, 11) is 1.75. The van der Waals surface area contributed by atoms with Crippen molar-refractivity contribution in [1.29, 1.82) is 0 Å². The third kappa shape index (κ3) is 3.61. The first kappa shape index (κ1) is 14.6. The van der Waals surface area contributed by atoms with Crippen LogP contribution in [0.4, 0.5) is 5.69 Å². The van der Waals surface area contributed by atoms with Crippen molar-refractivity contribution in [3.05, 3.63) is 23.5 Å². The van der Waals surface area contributed by atoms with Crippen LogP contribution in [0.1, 0.15) is 31.0 Å². The van der Waals surface area contributed by atoms with Gasteiger partial charge in [-0.05, 0) is 38.7 Å². The molecule has 0 saturated heterocycles. The number of methoxy groups -OCH3 is 1. The van der Waals surface area contributed by atoms with Crippen LogP contribution in [0.3, 0.4) is 0 Å². The van der Waals surface area contributed by atoms with Crippen molar-refractivity contribution in [2.75, 3.05) is 25.2 Å². The van der Waals surface area contributed by atoms with Gasteiger partial charge in [-0.1, -0.05) is 0 Å². The van der Waals surface area contributed by atoms with E-state index in [9.17, 15) is 0 Å². The molecule has 106 valence electrons. The van der Waals surface area contributed by atoms with Gasteiger partial charge in [-0.2, -0.15) is 0 Å². The largest absolute Gasteiger partial charge is 0.383 e. The van der Waals surface area contributed by atoms with Crippen molar-refractivity contribution in [3.8, 4) is 0 Å². The summed E-state index contributed by atoms with van der Waals surface area (Å²) in [5.41, 5.74) is 3.36. The van der Waals surface area contributed by atoms with E-state index in [2.05, 4.69) is 22.9 Å². The van der Waals surface area contributed by atoms with Gasteiger partial charge in [-0.25, -0.2) is 0 Å². The van der Waals surface area contributed by atoms with Crippen molar-refractivity contribution in [2.24, 2.45) is 5.92 Å². The van der Waals surface area contributed by atoms with Gasteiger partial charge in [-0.3, -0.25) is 4.98 Å². The highest BCUT2D eigenvalue weighted by molar-refractivity contribution is 6.17. The van der Waals surface area contributed by atoms with E-state index in [0.717, 1.165) is 30.3 Å². The van der Waals surface area contributed by atoms with Gasteiger partial charge in [-0.15, -0.1) is 11.6 Å². The highest BCUT2D eigenvalue weighted by Crippen LogP contribution is 2.37. The third-order valence-corrected chi connectivity index (χ3v) is 4.17. The maximum absolute atomic E-state index is 6.06. The minimum Gasteiger partial charge on any atom is -0.383 e. The number of nitrogens with zero attached hydrogens (tertiary/aromatic N) is 2. The van der Waals surface area contributed by atoms with Crippen LogP contribution in [-0.4, -0.2) is 31.3 Å². The predicted molar refractivity (Wildman–Crippen MR) is 79.9 cm³/mol. The quantitative estimate of drug-likeness (QED) is 0.717. The molecule has 1 aliphatic rings. The zero-order valence-corrected chi connectivity index (χ0v) is 12.8. The number of ether oxygens (including phenoxy) is 1. The lowest BCUT2D eigenvalue weighted by Crippen LogP contribution is -2.38. The lowest BCUT2D eigenvalue weighted by atomic mass is 10.1. The molecule has 4 heteroatoms. The molecule has 0 radical (unpaired) electrons. The average molecular weight is 283 g/mol. The number of anilines is 1. The third-order valence-electron chi connectivity index (χ3n) is 3.88. The van der Waals surface area contributed by atoms with Gasteiger partial charge < -0.3 is 9.64 Å². The summed E-state index contributed by atoms with van der Waals surface area (Å²) in [6.07, 6.45) is 4.58. The van der Waals surface area contributed by atoms with Crippen LogP contribution >= 0.6 is 11.6 Å². The van der Waals surface area contributed by atoms with Crippen LogP contribution in [0, 0.1) is 12.8 Å². The zero-order chi connectivity index (χ0) is 13.8. The van der Waals surface area contributed by atoms with Crippen LogP contribution < -0.4 is 4.90 Å². The Balaban J connectivity index is 2.27. The van der Waals surface area contributed by atoms with Gasteiger partial charge >= 0.3 is 0 Å². The van der Waals surface area contributed by atoms with E-state index in [1.165, 1.54) is 18.5 Å². The Bertz CT molecular complexity index is 421. The number of aryl methyl sites for hydroxylation is 1. The maximum atomic E-state index is 6.06. The Kier molecular flexibility index (Phi) is 5.06. The molecule has 2 rings (SSSR count). The molecule has 0 spiro atoms. The van der Waals surface area contributed by atoms with Gasteiger partial charge in [0.2, 0.25) is 0 Å². The van der Waals surface area contributed by atoms with Crippen molar-refractivity contribution in [2.45, 2.75) is 38.6 Å². The second kappa shape index (κ2) is 6.58. The monoisotopic (exact) mass is 282 g/mol. The number of hydrogen-bond donors (Lipinski definition) is 0. The lowest BCUT2D eigenvalue weighted by molar-refractivity contribution is 0.202. The first-order chi connectivity index (χ1) is 9.17. The highest BCUT2D eigenvalue weighted by atomic mass is 35.5. The Hall–Kier alpha value is -0.800. The summed E-state index contributed by atoms with van der Waals surface area (Å²) in [6.45, 7) is 5.97. The van der Waals surface area contributed by atoms with Crippen LogP contribution in [-0.2, 0) is 10.6 Å². The van der Waals surface area contributed by atoms with Gasteiger partial charge in [0, 0.05) is 42.8 Å². The Morgan fingerprint density at radius 3 is 2.84 bits per heavy atom. The number of rotatable bonds is 7. The molecule has 1 fully saturated rings. The fourth-order valence-electron chi connectivity index (χ4n) is 2.51. The van der Waals surface area contributed by atoms with E-state index >= 15 is 0 Å². The summed E-state index contributed by atoms with van der Waals surface area (Å²) in [5, 5.41) is 0. The van der Waals surface area contributed by atoms with Gasteiger partial charge in [0.1, 0.15) is 0 Å². The molecule has 1 aromatic rings. The normalized spacial score (nSPS) is 16.4. The molecule has 1 aromatic heterocycles. The van der Waals surface area contributed by atoms with Crippen LogP contribution in [0.5, 0.6) is 0 Å². The number of alkyl halides is 1. The van der Waals surface area contributed by atoms with Crippen molar-refractivity contribution in [3.63, 3.8) is 0 Å². The molecule has 1 unspecified atom stereocenters. The first-order valence-electron chi connectivity index (χ1n) is 6.94. The Morgan fingerprint density at radius 2 is 2.26 bits per heavy atom. The molecule has 0 amide bonds. The van der Waals surface area contributed by atoms with Gasteiger partial charge in [0.15, 0.2) is 0 Å². The fraction of sp³-hybridized carbons (Fsp3) is 0.667. The van der Waals surface area contributed by atoms with Crippen molar-refractivity contribution < 1.29 is 4.74 Å². The second-order valence-corrected chi connectivity index (χ2v) is 5.62. The van der Waals surface area contributed by atoms with E-state index in [1.54, 1.807) is 7.11 Å². The number of pyridine rings is 1. The summed E-state index contributed by atoms with van der Waals surface area (Å²) in [6, 6.07) is 2.69. The van der Waals surface area contributed by atoms with Crippen LogP contribution in [0.15, 0.2) is 12.3 Å². The standard InChI is InChI=1S/C15H23ClN2O/c1-11-8-15(14(9-16)10-17-11)18(6-7-19-3)12(2)13-4-5-13/h8,10,12-13H,4-7,9H2,1-3H3. The molecule has 1 heterocycles. The molecule has 1 saturated carbocycles. The molecule has 19 heavy (non-hydrogen) atoms. The molecule has 0 aromatic carbocycles. The second-order valence-electron chi connectivity index (χ2n) is 5.35. The van der Waals surface area contributed by atoms with Crippen LogP contribution in [0.25, 0.3) is 0 Å². The van der Waals surface area contributed by atoms with E-state index in [-0.39, 0.29) is 0 Å². The van der Waals surface area contributed by atoms with E-state index in [0.29, 0.717) is 11.9 Å². The van der Waals surface area contributed by atoms with Crippen molar-refractivity contribution >= 4 is 17.3 Å². The number of aromatic nitrogens is 1. The minimum absolute atomic E-state index is 0.503. The van der Waals surface area contributed by atoms with Crippen molar-refractivity contribution in [1.82, 2.24) is 4.98 Å². The van der Waals surface area contributed by atoms with E-state index < -0.39 is 0 Å². The first-order valence-corrected chi connectivity index (χ1v) is 7.48. The molecular weight excluding hydrogens is 260 g/mol. The van der Waals surface area contributed by atoms with Gasteiger partial charge in [0.25, 0.3) is 0 Å². The molecular formula is C15H23ClN2O. The minimum atomic E-state index is 0.503. The zero-order valence-electron chi connectivity index (χ0n) is 12.0. The van der Waals surface area contributed by atoms with E-state index in [1.807, 2.05) is 13.1 Å². The highest BCUT2D eigenvalue weighted by Gasteiger charge is 2.32. The SMILES string of the molecule is COCCN(c1cc(C)ncc1CCl)C(C)C1CC1. The topological polar surface area (TPSA) is 25.4 Å². The smallest absolute Gasteiger partial charge is 0.0637 e. The Labute approximate surface area is 120 Å². The van der Waals surface area contributed by atoms with Gasteiger partial charge in [0.05, 0.1) is 12.5 Å². The maximum Gasteiger partial charge on any atom is 0.0637 e. The van der Waals surface area contributed by atoms with Crippen LogP contribution in [0.2, 0.25) is 0 Å². The summed E-state index contributed by atoms with van der Waals surface area (Å²) in [4.78, 5) is 6.79. The molecule has 3 nitrogen and oxygen atoms in total. The average Bonchev–Trinajstić information content (AvgIpc) is 3.23.